The molecule has 1 saturated heterocycles. The van der Waals surface area contributed by atoms with Gasteiger partial charge in [0.05, 0.1) is 13.7 Å². The SMILES string of the molecule is COC(=O)CCCNC(=O)CN1CCC[C@@H]1CCCO. The number of hydrogen-bond acceptors (Lipinski definition) is 5. The van der Waals surface area contributed by atoms with Crippen LogP contribution in [0.25, 0.3) is 0 Å². The molecule has 2 N–H and O–H groups in total. The van der Waals surface area contributed by atoms with Crippen molar-refractivity contribution in [1.29, 1.82) is 0 Å². The van der Waals surface area contributed by atoms with Crippen LogP contribution >= 0.6 is 0 Å². The number of hydrogen-bond donors (Lipinski definition) is 2. The van der Waals surface area contributed by atoms with Crippen LogP contribution in [0.3, 0.4) is 0 Å². The number of carbonyl (C=O) groups is 2. The van der Waals surface area contributed by atoms with Crippen molar-refractivity contribution in [3.8, 4) is 0 Å². The molecule has 0 radical (unpaired) electrons. The molecule has 0 aromatic heterocycles. The van der Waals surface area contributed by atoms with Crippen molar-refractivity contribution in [2.24, 2.45) is 0 Å². The van der Waals surface area contributed by atoms with Crippen LogP contribution in [0.4, 0.5) is 0 Å². The molecular weight excluding hydrogens is 260 g/mol. The van der Waals surface area contributed by atoms with Crippen LogP contribution in [0, 0.1) is 0 Å². The maximum Gasteiger partial charge on any atom is 0.305 e. The van der Waals surface area contributed by atoms with Gasteiger partial charge < -0.3 is 15.2 Å². The summed E-state index contributed by atoms with van der Waals surface area (Å²) in [6.07, 6.45) is 4.90. The minimum Gasteiger partial charge on any atom is -0.469 e. The number of esters is 1. The van der Waals surface area contributed by atoms with Crippen LogP contribution < -0.4 is 5.32 Å². The molecule has 0 aliphatic carbocycles. The molecule has 6 nitrogen and oxygen atoms in total. The fraction of sp³-hybridized carbons (Fsp3) is 0.857. The summed E-state index contributed by atoms with van der Waals surface area (Å²) < 4.78 is 4.54. The van der Waals surface area contributed by atoms with E-state index in [-0.39, 0.29) is 18.5 Å². The number of amides is 1. The van der Waals surface area contributed by atoms with Crippen LogP contribution in [0.5, 0.6) is 0 Å². The highest BCUT2D eigenvalue weighted by atomic mass is 16.5. The van der Waals surface area contributed by atoms with Gasteiger partial charge in [-0.25, -0.2) is 0 Å². The van der Waals surface area contributed by atoms with E-state index in [4.69, 9.17) is 5.11 Å². The van der Waals surface area contributed by atoms with E-state index >= 15 is 0 Å². The summed E-state index contributed by atoms with van der Waals surface area (Å²) >= 11 is 0. The van der Waals surface area contributed by atoms with Crippen LogP contribution in [-0.2, 0) is 14.3 Å². The van der Waals surface area contributed by atoms with Gasteiger partial charge in [-0.05, 0) is 38.6 Å². The first-order chi connectivity index (χ1) is 9.67. The molecule has 0 bridgehead atoms. The fourth-order valence-corrected chi connectivity index (χ4v) is 2.56. The molecule has 6 heteroatoms. The Morgan fingerprint density at radius 3 is 2.90 bits per heavy atom. The zero-order valence-corrected chi connectivity index (χ0v) is 12.3. The van der Waals surface area contributed by atoms with E-state index in [1.54, 1.807) is 0 Å². The van der Waals surface area contributed by atoms with Crippen LogP contribution in [0.1, 0.15) is 38.5 Å². The molecule has 0 unspecified atom stereocenters. The maximum atomic E-state index is 11.8. The number of carbonyl (C=O) groups excluding carboxylic acids is 2. The van der Waals surface area contributed by atoms with E-state index in [1.165, 1.54) is 7.11 Å². The zero-order chi connectivity index (χ0) is 14.8. The summed E-state index contributed by atoms with van der Waals surface area (Å²) in [4.78, 5) is 24.9. The van der Waals surface area contributed by atoms with E-state index in [9.17, 15) is 9.59 Å². The summed E-state index contributed by atoms with van der Waals surface area (Å²) in [5, 5.41) is 11.7. The summed E-state index contributed by atoms with van der Waals surface area (Å²) in [6, 6.07) is 0.419. The minimum atomic E-state index is -0.247. The van der Waals surface area contributed by atoms with Crippen molar-refractivity contribution in [1.82, 2.24) is 10.2 Å². The number of methoxy groups -OCH3 is 1. The van der Waals surface area contributed by atoms with Crippen molar-refractivity contribution < 1.29 is 19.4 Å². The lowest BCUT2D eigenvalue weighted by atomic mass is 10.1. The van der Waals surface area contributed by atoms with Crippen molar-refractivity contribution in [3.05, 3.63) is 0 Å². The number of ether oxygens (including phenoxy) is 1. The lowest BCUT2D eigenvalue weighted by Gasteiger charge is -2.23. The molecule has 0 spiro atoms. The summed E-state index contributed by atoms with van der Waals surface area (Å²) in [6.45, 7) is 2.08. The highest BCUT2D eigenvalue weighted by Gasteiger charge is 2.25. The molecule has 1 amide bonds. The second-order valence-electron chi connectivity index (χ2n) is 5.16. The quantitative estimate of drug-likeness (QED) is 0.470. The van der Waals surface area contributed by atoms with Gasteiger partial charge in [0.2, 0.25) is 5.91 Å². The first-order valence-electron chi connectivity index (χ1n) is 7.35. The largest absolute Gasteiger partial charge is 0.469 e. The molecule has 0 aromatic rings. The second-order valence-corrected chi connectivity index (χ2v) is 5.16. The van der Waals surface area contributed by atoms with Crippen molar-refractivity contribution in [2.75, 3.05) is 33.4 Å². The minimum absolute atomic E-state index is 0.00534. The number of nitrogens with one attached hydrogen (secondary N) is 1. The zero-order valence-electron chi connectivity index (χ0n) is 12.3. The van der Waals surface area contributed by atoms with Gasteiger partial charge in [-0.2, -0.15) is 0 Å². The number of nitrogens with zero attached hydrogens (tertiary/aromatic N) is 1. The Hall–Kier alpha value is -1.14. The van der Waals surface area contributed by atoms with Gasteiger partial charge >= 0.3 is 5.97 Å². The van der Waals surface area contributed by atoms with E-state index in [2.05, 4.69) is 15.0 Å². The van der Waals surface area contributed by atoms with Crippen molar-refractivity contribution in [3.63, 3.8) is 0 Å². The van der Waals surface area contributed by atoms with Crippen molar-refractivity contribution >= 4 is 11.9 Å². The monoisotopic (exact) mass is 286 g/mol. The third-order valence-electron chi connectivity index (χ3n) is 3.65. The predicted octanol–water partition coefficient (Wildman–Crippen LogP) is 0.293. The van der Waals surface area contributed by atoms with Crippen LogP contribution in [0.2, 0.25) is 0 Å². The third kappa shape index (κ3) is 6.34. The average Bonchev–Trinajstić information content (AvgIpc) is 2.88. The van der Waals surface area contributed by atoms with Gasteiger partial charge in [-0.15, -0.1) is 0 Å². The summed E-state index contributed by atoms with van der Waals surface area (Å²) in [7, 11) is 1.36. The number of aliphatic hydroxyl groups excluding tert-OH is 1. The molecule has 20 heavy (non-hydrogen) atoms. The van der Waals surface area contributed by atoms with Crippen LogP contribution in [0.15, 0.2) is 0 Å². The molecule has 0 saturated carbocycles. The van der Waals surface area contributed by atoms with Crippen LogP contribution in [-0.4, -0.2) is 61.3 Å². The molecule has 0 aromatic carbocycles. The average molecular weight is 286 g/mol. The molecule has 1 rings (SSSR count). The third-order valence-corrected chi connectivity index (χ3v) is 3.65. The normalized spacial score (nSPS) is 19.0. The highest BCUT2D eigenvalue weighted by Crippen LogP contribution is 2.20. The second kappa shape index (κ2) is 9.72. The topological polar surface area (TPSA) is 78.9 Å². The Morgan fingerprint density at radius 1 is 1.40 bits per heavy atom. The molecule has 1 heterocycles. The van der Waals surface area contributed by atoms with E-state index in [1.807, 2.05) is 0 Å². The fourth-order valence-electron chi connectivity index (χ4n) is 2.56. The standard InChI is InChI=1S/C14H26N2O4/c1-20-14(19)7-2-8-15-13(18)11-16-9-3-5-12(16)6-4-10-17/h12,17H,2-11H2,1H3,(H,15,18)/t12-/m1/s1. The molecule has 1 atom stereocenters. The Labute approximate surface area is 120 Å². The number of rotatable bonds is 9. The van der Waals surface area contributed by atoms with E-state index < -0.39 is 0 Å². The Kier molecular flexibility index (Phi) is 8.22. The summed E-state index contributed by atoms with van der Waals surface area (Å²) in [5.74, 6) is -0.242. The van der Waals surface area contributed by atoms with Gasteiger partial charge in [-0.3, -0.25) is 14.5 Å². The predicted molar refractivity (Wildman–Crippen MR) is 75.2 cm³/mol. The van der Waals surface area contributed by atoms with Gasteiger partial charge in [-0.1, -0.05) is 0 Å². The molecular formula is C14H26N2O4. The molecule has 1 aliphatic heterocycles. The summed E-state index contributed by atoms with van der Waals surface area (Å²) in [5.41, 5.74) is 0. The van der Waals surface area contributed by atoms with Gasteiger partial charge in [0, 0.05) is 25.6 Å². The Morgan fingerprint density at radius 2 is 2.20 bits per heavy atom. The smallest absolute Gasteiger partial charge is 0.305 e. The lowest BCUT2D eigenvalue weighted by Crippen LogP contribution is -2.40. The maximum absolute atomic E-state index is 11.8. The van der Waals surface area contributed by atoms with Crippen molar-refractivity contribution in [2.45, 2.75) is 44.6 Å². The Balaban J connectivity index is 2.16. The number of aliphatic hydroxyl groups is 1. The highest BCUT2D eigenvalue weighted by molar-refractivity contribution is 5.78. The Bertz CT molecular complexity index is 310. The number of likely N-dealkylation sites (tertiary alicyclic amines) is 1. The lowest BCUT2D eigenvalue weighted by molar-refractivity contribution is -0.140. The van der Waals surface area contributed by atoms with E-state index in [0.29, 0.717) is 32.0 Å². The van der Waals surface area contributed by atoms with Gasteiger partial charge in [0.1, 0.15) is 0 Å². The first kappa shape index (κ1) is 16.9. The molecule has 1 fully saturated rings. The molecule has 116 valence electrons. The first-order valence-corrected chi connectivity index (χ1v) is 7.35. The molecule has 1 aliphatic rings. The van der Waals surface area contributed by atoms with E-state index in [0.717, 1.165) is 32.2 Å². The van der Waals surface area contributed by atoms with Gasteiger partial charge in [0.15, 0.2) is 0 Å². The van der Waals surface area contributed by atoms with Gasteiger partial charge in [0.25, 0.3) is 0 Å².